The molecule has 26 heavy (non-hydrogen) atoms. The Kier molecular flexibility index (Phi) is 4.42. The number of likely N-dealkylation sites (tertiary alicyclic amines) is 2. The Morgan fingerprint density at radius 3 is 2.54 bits per heavy atom. The summed E-state index contributed by atoms with van der Waals surface area (Å²) in [7, 11) is 0. The molecule has 138 valence electrons. The van der Waals surface area contributed by atoms with Gasteiger partial charge in [-0.15, -0.1) is 0 Å². The van der Waals surface area contributed by atoms with E-state index < -0.39 is 6.09 Å². The van der Waals surface area contributed by atoms with Crippen LogP contribution in [0.1, 0.15) is 38.2 Å². The number of carbonyl (C=O) groups is 3. The normalized spacial score (nSPS) is 28.0. The van der Waals surface area contributed by atoms with Crippen molar-refractivity contribution < 1.29 is 19.1 Å². The van der Waals surface area contributed by atoms with Crippen molar-refractivity contribution in [3.8, 4) is 0 Å². The predicted octanol–water partition coefficient (Wildman–Crippen LogP) is 2.57. The minimum absolute atomic E-state index is 0.0102. The lowest BCUT2D eigenvalue weighted by atomic mass is 9.84. The standard InChI is InChI=1S/C20H24N2O4/c1-13-17-16(22(18(13)23)19(24)15-8-5-9-15)10-11-21(17)20(25)26-12-14-6-3-2-4-7-14/h2-4,6-7,13,15-17H,5,8-12H2,1H3/t13-,16-,17+/m1/s1. The first-order valence-electron chi connectivity index (χ1n) is 9.42. The maximum atomic E-state index is 12.7. The van der Waals surface area contributed by atoms with Crippen LogP contribution in [0.2, 0.25) is 0 Å². The van der Waals surface area contributed by atoms with E-state index in [0.717, 1.165) is 24.8 Å². The quantitative estimate of drug-likeness (QED) is 0.781. The zero-order valence-electron chi connectivity index (χ0n) is 15.0. The molecule has 2 aliphatic heterocycles. The number of imide groups is 1. The largest absolute Gasteiger partial charge is 0.445 e. The van der Waals surface area contributed by atoms with Crippen LogP contribution in [0.15, 0.2) is 30.3 Å². The van der Waals surface area contributed by atoms with E-state index in [-0.39, 0.29) is 42.3 Å². The van der Waals surface area contributed by atoms with E-state index in [4.69, 9.17) is 4.74 Å². The smallest absolute Gasteiger partial charge is 0.410 e. The molecule has 1 aliphatic carbocycles. The maximum absolute atomic E-state index is 12.7. The SMILES string of the molecule is C[C@H]1C(=O)N(C(=O)C2CCC2)[C@@H]2CCN(C(=O)OCc3ccccc3)[C@H]21. The maximum Gasteiger partial charge on any atom is 0.410 e. The number of nitrogens with zero attached hydrogens (tertiary/aromatic N) is 2. The van der Waals surface area contributed by atoms with Crippen molar-refractivity contribution in [3.05, 3.63) is 35.9 Å². The number of ether oxygens (including phenoxy) is 1. The molecule has 6 nitrogen and oxygen atoms in total. The second kappa shape index (κ2) is 6.74. The van der Waals surface area contributed by atoms with Crippen LogP contribution in [0, 0.1) is 11.8 Å². The summed E-state index contributed by atoms with van der Waals surface area (Å²) in [5.41, 5.74) is 0.925. The van der Waals surface area contributed by atoms with E-state index in [1.807, 2.05) is 37.3 Å². The Hall–Kier alpha value is -2.37. The van der Waals surface area contributed by atoms with E-state index >= 15 is 0 Å². The zero-order valence-corrected chi connectivity index (χ0v) is 15.0. The monoisotopic (exact) mass is 356 g/mol. The average molecular weight is 356 g/mol. The van der Waals surface area contributed by atoms with Gasteiger partial charge in [0.05, 0.1) is 18.0 Å². The lowest BCUT2D eigenvalue weighted by Crippen LogP contribution is -2.46. The Morgan fingerprint density at radius 1 is 1.15 bits per heavy atom. The summed E-state index contributed by atoms with van der Waals surface area (Å²) in [5, 5.41) is 0. The average Bonchev–Trinajstić information content (AvgIpc) is 3.12. The molecular weight excluding hydrogens is 332 g/mol. The number of hydrogen-bond acceptors (Lipinski definition) is 4. The first-order valence-corrected chi connectivity index (χ1v) is 9.42. The molecule has 0 N–H and O–H groups in total. The minimum Gasteiger partial charge on any atom is -0.445 e. The molecule has 1 saturated carbocycles. The van der Waals surface area contributed by atoms with E-state index in [1.54, 1.807) is 4.90 Å². The summed E-state index contributed by atoms with van der Waals surface area (Å²) >= 11 is 0. The Bertz CT molecular complexity index is 716. The van der Waals surface area contributed by atoms with Crippen LogP contribution in [-0.2, 0) is 20.9 Å². The number of hydrogen-bond donors (Lipinski definition) is 0. The van der Waals surface area contributed by atoms with Gasteiger partial charge in [0, 0.05) is 12.5 Å². The van der Waals surface area contributed by atoms with Gasteiger partial charge in [-0.1, -0.05) is 43.7 Å². The molecule has 3 amide bonds. The molecule has 0 unspecified atom stereocenters. The molecule has 2 heterocycles. The number of carbonyl (C=O) groups excluding carboxylic acids is 3. The second-order valence-electron chi connectivity index (χ2n) is 7.54. The first kappa shape index (κ1) is 17.1. The van der Waals surface area contributed by atoms with Gasteiger partial charge >= 0.3 is 6.09 Å². The number of benzene rings is 1. The third-order valence-electron chi connectivity index (χ3n) is 6.02. The highest BCUT2D eigenvalue weighted by Gasteiger charge is 2.56. The van der Waals surface area contributed by atoms with Crippen molar-refractivity contribution in [1.82, 2.24) is 9.80 Å². The Morgan fingerprint density at radius 2 is 1.88 bits per heavy atom. The summed E-state index contributed by atoms with van der Waals surface area (Å²) in [5.74, 6) is -0.558. The van der Waals surface area contributed by atoms with Crippen LogP contribution >= 0.6 is 0 Å². The summed E-state index contributed by atoms with van der Waals surface area (Å²) in [6.07, 6.45) is 3.03. The summed E-state index contributed by atoms with van der Waals surface area (Å²) in [6.45, 7) is 2.55. The van der Waals surface area contributed by atoms with E-state index in [2.05, 4.69) is 0 Å². The molecule has 3 fully saturated rings. The van der Waals surface area contributed by atoms with Crippen LogP contribution < -0.4 is 0 Å². The van der Waals surface area contributed by atoms with E-state index in [0.29, 0.717) is 13.0 Å². The number of amides is 3. The van der Waals surface area contributed by atoms with Crippen LogP contribution in [0.25, 0.3) is 0 Å². The molecule has 0 aromatic heterocycles. The van der Waals surface area contributed by atoms with Gasteiger partial charge in [0.15, 0.2) is 0 Å². The highest BCUT2D eigenvalue weighted by molar-refractivity contribution is 6.00. The van der Waals surface area contributed by atoms with Crippen LogP contribution in [-0.4, -0.2) is 46.3 Å². The van der Waals surface area contributed by atoms with Gasteiger partial charge in [0.1, 0.15) is 6.61 Å². The molecule has 1 aromatic carbocycles. The van der Waals surface area contributed by atoms with Crippen molar-refractivity contribution in [2.75, 3.05) is 6.54 Å². The fraction of sp³-hybridized carbons (Fsp3) is 0.550. The lowest BCUT2D eigenvalue weighted by molar-refractivity contribution is -0.149. The minimum atomic E-state index is -0.404. The van der Waals surface area contributed by atoms with E-state index in [1.165, 1.54) is 4.90 Å². The lowest BCUT2D eigenvalue weighted by Gasteiger charge is -2.31. The van der Waals surface area contributed by atoms with Crippen molar-refractivity contribution in [2.45, 2.75) is 51.3 Å². The van der Waals surface area contributed by atoms with Gasteiger partial charge < -0.3 is 9.64 Å². The van der Waals surface area contributed by atoms with Gasteiger partial charge in [0.25, 0.3) is 0 Å². The number of fused-ring (bicyclic) bond motifs is 1. The molecule has 3 aliphatic rings. The van der Waals surface area contributed by atoms with Gasteiger partial charge in [0.2, 0.25) is 11.8 Å². The van der Waals surface area contributed by atoms with Crippen LogP contribution in [0.5, 0.6) is 0 Å². The summed E-state index contributed by atoms with van der Waals surface area (Å²) in [4.78, 5) is 41.0. The third-order valence-corrected chi connectivity index (χ3v) is 6.02. The summed E-state index contributed by atoms with van der Waals surface area (Å²) < 4.78 is 5.45. The zero-order chi connectivity index (χ0) is 18.3. The van der Waals surface area contributed by atoms with Gasteiger partial charge in [-0.3, -0.25) is 14.5 Å². The first-order chi connectivity index (χ1) is 12.6. The van der Waals surface area contributed by atoms with Gasteiger partial charge in [-0.25, -0.2) is 4.79 Å². The fourth-order valence-electron chi connectivity index (χ4n) is 4.35. The Labute approximate surface area is 153 Å². The third kappa shape index (κ3) is 2.77. The molecule has 6 heteroatoms. The molecule has 4 rings (SSSR count). The van der Waals surface area contributed by atoms with Crippen molar-refractivity contribution in [2.24, 2.45) is 11.8 Å². The predicted molar refractivity (Wildman–Crippen MR) is 93.9 cm³/mol. The van der Waals surface area contributed by atoms with Crippen molar-refractivity contribution >= 4 is 17.9 Å². The van der Waals surface area contributed by atoms with Crippen LogP contribution in [0.4, 0.5) is 4.79 Å². The topological polar surface area (TPSA) is 66.9 Å². The van der Waals surface area contributed by atoms with Gasteiger partial charge in [-0.2, -0.15) is 0 Å². The highest BCUT2D eigenvalue weighted by Crippen LogP contribution is 2.39. The Balaban J connectivity index is 1.44. The van der Waals surface area contributed by atoms with Gasteiger partial charge in [-0.05, 0) is 24.8 Å². The molecule has 0 bridgehead atoms. The highest BCUT2D eigenvalue weighted by atomic mass is 16.6. The van der Waals surface area contributed by atoms with Crippen molar-refractivity contribution in [1.29, 1.82) is 0 Å². The number of rotatable bonds is 3. The van der Waals surface area contributed by atoms with Crippen LogP contribution in [0.3, 0.4) is 0 Å². The van der Waals surface area contributed by atoms with Crippen molar-refractivity contribution in [3.63, 3.8) is 0 Å². The molecule has 3 atom stereocenters. The molecule has 0 radical (unpaired) electrons. The summed E-state index contributed by atoms with van der Waals surface area (Å²) in [6, 6.07) is 9.05. The molecule has 0 spiro atoms. The fourth-order valence-corrected chi connectivity index (χ4v) is 4.35. The molecule has 2 saturated heterocycles. The molecular formula is C20H24N2O4. The molecule has 1 aromatic rings. The second-order valence-corrected chi connectivity index (χ2v) is 7.54. The van der Waals surface area contributed by atoms with E-state index in [9.17, 15) is 14.4 Å².